The highest BCUT2D eigenvalue weighted by atomic mass is 16.2. The molecule has 1 heteroatoms. The second-order valence-corrected chi connectivity index (χ2v) is 3.87. The van der Waals surface area contributed by atoms with Gasteiger partial charge in [0.05, 0.1) is 0 Å². The Morgan fingerprint density at radius 2 is 2.23 bits per heavy atom. The zero-order chi connectivity index (χ0) is 9.10. The summed E-state index contributed by atoms with van der Waals surface area (Å²) >= 11 is 0. The van der Waals surface area contributed by atoms with Crippen molar-refractivity contribution in [2.45, 2.75) is 19.3 Å². The van der Waals surface area contributed by atoms with E-state index in [1.54, 1.807) is 0 Å². The Hall–Kier alpha value is -0.820. The maximum absolute atomic E-state index is 8.75. The van der Waals surface area contributed by atoms with Crippen LogP contribution >= 0.6 is 0 Å². The van der Waals surface area contributed by atoms with Crippen LogP contribution in [0.3, 0.4) is 0 Å². The van der Waals surface area contributed by atoms with Crippen molar-refractivity contribution in [1.29, 1.82) is 0 Å². The summed E-state index contributed by atoms with van der Waals surface area (Å²) in [6, 6.07) is 0. The Morgan fingerprint density at radius 3 is 3.08 bits per heavy atom. The predicted molar refractivity (Wildman–Crippen MR) is 54.3 cm³/mol. The average molecular weight is 176 g/mol. The molecule has 2 rings (SSSR count). The number of fused-ring (bicyclic) bond motifs is 2. The maximum atomic E-state index is 8.75. The molecule has 1 fully saturated rings. The Kier molecular flexibility index (Phi) is 2.65. The van der Waals surface area contributed by atoms with E-state index >= 15 is 0 Å². The molecule has 0 aromatic rings. The van der Waals surface area contributed by atoms with Crippen molar-refractivity contribution in [2.75, 3.05) is 6.61 Å². The van der Waals surface area contributed by atoms with Crippen LogP contribution in [0.15, 0.2) is 36.0 Å². The fraction of sp³-hybridized carbons (Fsp3) is 0.500. The molecule has 2 unspecified atom stereocenters. The maximum Gasteiger partial charge on any atom is 0.0465 e. The highest BCUT2D eigenvalue weighted by molar-refractivity contribution is 5.26. The van der Waals surface area contributed by atoms with E-state index < -0.39 is 0 Å². The van der Waals surface area contributed by atoms with Crippen LogP contribution in [0.4, 0.5) is 0 Å². The summed E-state index contributed by atoms with van der Waals surface area (Å²) < 4.78 is 0. The Labute approximate surface area is 79.5 Å². The van der Waals surface area contributed by atoms with Crippen molar-refractivity contribution in [3.8, 4) is 0 Å². The Balaban J connectivity index is 2.09. The lowest BCUT2D eigenvalue weighted by molar-refractivity contribution is 0.302. The fourth-order valence-corrected chi connectivity index (χ4v) is 2.27. The first kappa shape index (κ1) is 8.76. The third kappa shape index (κ3) is 1.92. The molecule has 2 bridgehead atoms. The molecule has 0 aliphatic heterocycles. The van der Waals surface area contributed by atoms with Gasteiger partial charge in [0.1, 0.15) is 0 Å². The minimum Gasteiger partial charge on any atom is -0.396 e. The molecule has 0 amide bonds. The van der Waals surface area contributed by atoms with Crippen LogP contribution in [0.5, 0.6) is 0 Å². The first-order valence-electron chi connectivity index (χ1n) is 5.05. The molecule has 1 nitrogen and oxygen atoms in total. The van der Waals surface area contributed by atoms with E-state index in [0.717, 1.165) is 12.3 Å². The number of hydrogen-bond donors (Lipinski definition) is 1. The van der Waals surface area contributed by atoms with E-state index in [-0.39, 0.29) is 6.61 Å². The van der Waals surface area contributed by atoms with Crippen molar-refractivity contribution in [2.24, 2.45) is 11.8 Å². The molecule has 2 aliphatic rings. The summed E-state index contributed by atoms with van der Waals surface area (Å²) in [4.78, 5) is 0. The third-order valence-electron chi connectivity index (χ3n) is 2.90. The van der Waals surface area contributed by atoms with E-state index in [0.29, 0.717) is 5.92 Å². The van der Waals surface area contributed by atoms with Crippen LogP contribution in [-0.4, -0.2) is 11.7 Å². The minimum atomic E-state index is 0.278. The molecule has 1 N–H and O–H groups in total. The molecule has 2 aliphatic carbocycles. The van der Waals surface area contributed by atoms with Crippen LogP contribution < -0.4 is 0 Å². The van der Waals surface area contributed by atoms with Gasteiger partial charge in [-0.05, 0) is 31.1 Å². The van der Waals surface area contributed by atoms with Gasteiger partial charge in [-0.2, -0.15) is 0 Å². The summed E-state index contributed by atoms with van der Waals surface area (Å²) in [6.45, 7) is 0.278. The van der Waals surface area contributed by atoms with Gasteiger partial charge in [0.25, 0.3) is 0 Å². The lowest BCUT2D eigenvalue weighted by atomic mass is 10.0. The molecule has 0 aromatic carbocycles. The summed E-state index contributed by atoms with van der Waals surface area (Å²) in [7, 11) is 0. The van der Waals surface area contributed by atoms with Crippen LogP contribution in [-0.2, 0) is 0 Å². The third-order valence-corrected chi connectivity index (χ3v) is 2.90. The Morgan fingerprint density at radius 1 is 1.38 bits per heavy atom. The molecule has 0 saturated heterocycles. The molecular weight excluding hydrogens is 160 g/mol. The highest BCUT2D eigenvalue weighted by Gasteiger charge is 2.26. The molecule has 0 heterocycles. The molecule has 0 radical (unpaired) electrons. The van der Waals surface area contributed by atoms with Crippen LogP contribution in [0, 0.1) is 11.8 Å². The topological polar surface area (TPSA) is 20.2 Å². The highest BCUT2D eigenvalue weighted by Crippen LogP contribution is 2.39. The molecule has 70 valence electrons. The summed E-state index contributed by atoms with van der Waals surface area (Å²) in [5.74, 6) is 1.39. The lowest BCUT2D eigenvalue weighted by Gasteiger charge is -2.05. The first-order chi connectivity index (χ1) is 6.40. The number of rotatable bonds is 2. The minimum absolute atomic E-state index is 0.278. The quantitative estimate of drug-likeness (QED) is 0.641. The van der Waals surface area contributed by atoms with Gasteiger partial charge in [-0.15, -0.1) is 0 Å². The van der Waals surface area contributed by atoms with E-state index in [1.807, 2.05) is 0 Å². The van der Waals surface area contributed by atoms with Crippen molar-refractivity contribution in [3.05, 3.63) is 36.0 Å². The summed E-state index contributed by atoms with van der Waals surface area (Å²) in [6.07, 6.45) is 14.4. The molecule has 0 spiro atoms. The standard InChI is InChI=1S/C12H16O/c13-7-3-6-12-9-10-4-1-2-5-11(12)8-10/h1-2,4-6,10-11,13H,3,7-9H2/b12-6-. The monoisotopic (exact) mass is 176 g/mol. The zero-order valence-corrected chi connectivity index (χ0v) is 7.82. The van der Waals surface area contributed by atoms with Crippen molar-refractivity contribution in [1.82, 2.24) is 0 Å². The Bertz CT molecular complexity index is 260. The largest absolute Gasteiger partial charge is 0.396 e. The van der Waals surface area contributed by atoms with Gasteiger partial charge in [-0.25, -0.2) is 0 Å². The van der Waals surface area contributed by atoms with Crippen molar-refractivity contribution in [3.63, 3.8) is 0 Å². The van der Waals surface area contributed by atoms with Crippen LogP contribution in [0.1, 0.15) is 19.3 Å². The van der Waals surface area contributed by atoms with Gasteiger partial charge in [-0.3, -0.25) is 0 Å². The second kappa shape index (κ2) is 3.93. The van der Waals surface area contributed by atoms with Gasteiger partial charge >= 0.3 is 0 Å². The lowest BCUT2D eigenvalue weighted by Crippen LogP contribution is -1.92. The van der Waals surface area contributed by atoms with Crippen molar-refractivity contribution < 1.29 is 5.11 Å². The normalized spacial score (nSPS) is 34.1. The predicted octanol–water partition coefficient (Wildman–Crippen LogP) is 2.45. The van der Waals surface area contributed by atoms with E-state index in [2.05, 4.69) is 30.4 Å². The zero-order valence-electron chi connectivity index (χ0n) is 7.82. The fourth-order valence-electron chi connectivity index (χ4n) is 2.27. The van der Waals surface area contributed by atoms with E-state index in [9.17, 15) is 0 Å². The first-order valence-corrected chi connectivity index (χ1v) is 5.05. The van der Waals surface area contributed by atoms with E-state index in [1.165, 1.54) is 18.4 Å². The van der Waals surface area contributed by atoms with Gasteiger partial charge in [0, 0.05) is 6.61 Å². The molecular formula is C12H16O. The number of hydrogen-bond acceptors (Lipinski definition) is 1. The molecule has 2 atom stereocenters. The van der Waals surface area contributed by atoms with Crippen LogP contribution in [0.2, 0.25) is 0 Å². The molecule has 0 aromatic heterocycles. The van der Waals surface area contributed by atoms with Gasteiger partial charge < -0.3 is 5.11 Å². The average Bonchev–Trinajstić information content (AvgIpc) is 2.32. The van der Waals surface area contributed by atoms with Gasteiger partial charge in [0.15, 0.2) is 0 Å². The number of aliphatic hydroxyl groups is 1. The van der Waals surface area contributed by atoms with Crippen LogP contribution in [0.25, 0.3) is 0 Å². The number of allylic oxidation sites excluding steroid dienone is 5. The second-order valence-electron chi connectivity index (χ2n) is 3.87. The summed E-state index contributed by atoms with van der Waals surface area (Å²) in [5, 5.41) is 8.75. The summed E-state index contributed by atoms with van der Waals surface area (Å²) in [5.41, 5.74) is 1.53. The van der Waals surface area contributed by atoms with Gasteiger partial charge in [0.2, 0.25) is 0 Å². The SMILES string of the molecule is OCC/C=C1/CC2C=CC=CC1C2. The van der Waals surface area contributed by atoms with Gasteiger partial charge in [-0.1, -0.05) is 36.0 Å². The van der Waals surface area contributed by atoms with Crippen molar-refractivity contribution >= 4 is 0 Å². The van der Waals surface area contributed by atoms with E-state index in [4.69, 9.17) is 5.11 Å². The number of aliphatic hydroxyl groups excluding tert-OH is 1. The molecule has 13 heavy (non-hydrogen) atoms. The molecule has 1 saturated carbocycles. The smallest absolute Gasteiger partial charge is 0.0465 e.